The minimum atomic E-state index is -0.611. The van der Waals surface area contributed by atoms with Crippen LogP contribution in [0.3, 0.4) is 0 Å². The highest BCUT2D eigenvalue weighted by atomic mass is 32.2. The second-order valence-electron chi connectivity index (χ2n) is 11.0. The molecule has 0 bridgehead atoms. The summed E-state index contributed by atoms with van der Waals surface area (Å²) in [6.45, 7) is 4.07. The summed E-state index contributed by atoms with van der Waals surface area (Å²) < 4.78 is 16.4. The Morgan fingerprint density at radius 3 is 2.48 bits per heavy atom. The van der Waals surface area contributed by atoms with Gasteiger partial charge >= 0.3 is 0 Å². The molecule has 0 saturated carbocycles. The SMILES string of the molecule is COc1ccc(C2C(C#N)=C(N)N(c3nnc(SCC(=O)Nc4cc(OC)ccc4OC)s3)C3=C2C(=O)CC(C)(C)C3)cc1. The number of anilines is 2. The first-order chi connectivity index (χ1) is 21.1. The number of ketones is 1. The Kier molecular flexibility index (Phi) is 8.85. The van der Waals surface area contributed by atoms with Gasteiger partial charge in [-0.15, -0.1) is 10.2 Å². The van der Waals surface area contributed by atoms with Crippen LogP contribution in [0.4, 0.5) is 10.8 Å². The number of amides is 1. The Balaban J connectivity index is 1.44. The average Bonchev–Trinajstić information content (AvgIpc) is 3.47. The van der Waals surface area contributed by atoms with Crippen LogP contribution in [0.1, 0.15) is 38.2 Å². The number of methoxy groups -OCH3 is 3. The molecule has 3 N–H and O–H groups in total. The van der Waals surface area contributed by atoms with E-state index >= 15 is 0 Å². The molecule has 1 aliphatic heterocycles. The number of nitrogens with two attached hydrogens (primary N) is 1. The van der Waals surface area contributed by atoms with Crippen LogP contribution < -0.4 is 30.2 Å². The number of thioether (sulfide) groups is 1. The number of nitrogens with zero attached hydrogens (tertiary/aromatic N) is 4. The molecule has 44 heavy (non-hydrogen) atoms. The van der Waals surface area contributed by atoms with E-state index in [9.17, 15) is 14.9 Å². The van der Waals surface area contributed by atoms with Crippen LogP contribution in [0.5, 0.6) is 17.2 Å². The van der Waals surface area contributed by atoms with Gasteiger partial charge < -0.3 is 25.3 Å². The molecule has 1 unspecified atom stereocenters. The maximum Gasteiger partial charge on any atom is 0.234 e. The summed E-state index contributed by atoms with van der Waals surface area (Å²) in [6, 6.07) is 14.7. The third-order valence-corrected chi connectivity index (χ3v) is 9.47. The number of nitriles is 1. The van der Waals surface area contributed by atoms with E-state index in [1.807, 2.05) is 26.0 Å². The third-order valence-electron chi connectivity index (χ3n) is 7.42. The molecule has 2 aliphatic rings. The highest BCUT2D eigenvalue weighted by molar-refractivity contribution is 8.01. The fraction of sp³-hybridized carbons (Fsp3) is 0.323. The molecule has 2 aromatic carbocycles. The van der Waals surface area contributed by atoms with Gasteiger partial charge in [-0.25, -0.2) is 0 Å². The summed E-state index contributed by atoms with van der Waals surface area (Å²) in [5, 5.41) is 22.2. The maximum absolute atomic E-state index is 13.7. The Labute approximate surface area is 263 Å². The van der Waals surface area contributed by atoms with Crippen molar-refractivity contribution < 1.29 is 23.8 Å². The molecule has 13 heteroatoms. The Hall–Kier alpha value is -4.54. The van der Waals surface area contributed by atoms with Crippen molar-refractivity contribution in [1.82, 2.24) is 10.2 Å². The van der Waals surface area contributed by atoms with Gasteiger partial charge in [-0.2, -0.15) is 5.26 Å². The predicted octanol–water partition coefficient (Wildman–Crippen LogP) is 5.24. The molecule has 3 aromatic rings. The summed E-state index contributed by atoms with van der Waals surface area (Å²) in [5.41, 5.74) is 9.16. The van der Waals surface area contributed by atoms with Gasteiger partial charge in [0.1, 0.15) is 23.1 Å². The lowest BCUT2D eigenvalue weighted by atomic mass is 9.68. The minimum absolute atomic E-state index is 0.0360. The zero-order chi connectivity index (χ0) is 31.6. The van der Waals surface area contributed by atoms with Crippen LogP contribution in [0, 0.1) is 16.7 Å². The van der Waals surface area contributed by atoms with Crippen molar-refractivity contribution in [2.24, 2.45) is 11.1 Å². The van der Waals surface area contributed by atoms with Crippen molar-refractivity contribution in [1.29, 1.82) is 5.26 Å². The quantitative estimate of drug-likeness (QED) is 0.298. The van der Waals surface area contributed by atoms with E-state index in [1.54, 1.807) is 49.5 Å². The van der Waals surface area contributed by atoms with Crippen LogP contribution >= 0.6 is 23.1 Å². The molecule has 228 valence electrons. The largest absolute Gasteiger partial charge is 0.497 e. The number of rotatable bonds is 9. The molecule has 0 fully saturated rings. The lowest BCUT2D eigenvalue weighted by Crippen LogP contribution is -2.42. The van der Waals surface area contributed by atoms with Gasteiger partial charge in [0, 0.05) is 23.8 Å². The molecule has 0 saturated heterocycles. The summed E-state index contributed by atoms with van der Waals surface area (Å²) in [4.78, 5) is 28.2. The number of carbonyl (C=O) groups is 2. The van der Waals surface area contributed by atoms with E-state index in [1.165, 1.54) is 30.2 Å². The summed E-state index contributed by atoms with van der Waals surface area (Å²) >= 11 is 2.44. The number of carbonyl (C=O) groups excluding carboxylic acids is 2. The van der Waals surface area contributed by atoms with E-state index in [-0.39, 0.29) is 34.3 Å². The van der Waals surface area contributed by atoms with Gasteiger partial charge in [0.15, 0.2) is 10.1 Å². The number of hydrogen-bond acceptors (Lipinski definition) is 12. The molecule has 0 spiro atoms. The standard InChI is InChI=1S/C31H32N6O5S2/c1-31(2)13-22-27(23(38)14-31)26(17-6-8-18(40-3)9-7-17)20(15-32)28(33)37(22)29-35-36-30(44-29)43-16-25(39)34-21-12-19(41-4)10-11-24(21)42-5/h6-12,26H,13-14,16,33H2,1-5H3,(H,34,39). The van der Waals surface area contributed by atoms with Gasteiger partial charge in [-0.3, -0.25) is 14.5 Å². The van der Waals surface area contributed by atoms with E-state index in [2.05, 4.69) is 21.6 Å². The zero-order valence-corrected chi connectivity index (χ0v) is 26.6. The van der Waals surface area contributed by atoms with Gasteiger partial charge in [0.25, 0.3) is 0 Å². The van der Waals surface area contributed by atoms with Gasteiger partial charge in [-0.05, 0) is 41.7 Å². The van der Waals surface area contributed by atoms with Crippen LogP contribution in [-0.4, -0.2) is 49.0 Å². The summed E-state index contributed by atoms with van der Waals surface area (Å²) in [5.74, 6) is 1.10. The number of nitrogens with one attached hydrogen (secondary N) is 1. The number of allylic oxidation sites excluding steroid dienone is 3. The Morgan fingerprint density at radius 2 is 1.82 bits per heavy atom. The first-order valence-electron chi connectivity index (χ1n) is 13.7. The van der Waals surface area contributed by atoms with Crippen LogP contribution in [0.15, 0.2) is 69.5 Å². The lowest BCUT2D eigenvalue weighted by Gasteiger charge is -2.42. The topological polar surface area (TPSA) is 153 Å². The highest BCUT2D eigenvalue weighted by Crippen LogP contribution is 2.51. The first kappa shape index (κ1) is 30.9. The lowest BCUT2D eigenvalue weighted by molar-refractivity contribution is -0.118. The fourth-order valence-electron chi connectivity index (χ4n) is 5.43. The van der Waals surface area contributed by atoms with Gasteiger partial charge in [-0.1, -0.05) is 49.1 Å². The van der Waals surface area contributed by atoms with Crippen LogP contribution in [0.25, 0.3) is 0 Å². The van der Waals surface area contributed by atoms with E-state index in [4.69, 9.17) is 19.9 Å². The van der Waals surface area contributed by atoms with Crippen molar-refractivity contribution in [3.05, 3.63) is 70.7 Å². The number of hydrogen-bond donors (Lipinski definition) is 2. The smallest absolute Gasteiger partial charge is 0.234 e. The molecular weight excluding hydrogens is 601 g/mol. The molecule has 11 nitrogen and oxygen atoms in total. The second-order valence-corrected chi connectivity index (χ2v) is 13.2. The molecule has 1 aliphatic carbocycles. The van der Waals surface area contributed by atoms with Crippen molar-refractivity contribution >= 4 is 45.6 Å². The van der Waals surface area contributed by atoms with Crippen LogP contribution in [-0.2, 0) is 9.59 Å². The van der Waals surface area contributed by atoms with E-state index in [0.29, 0.717) is 56.5 Å². The number of benzene rings is 2. The Bertz CT molecular complexity index is 1710. The average molecular weight is 633 g/mol. The molecule has 5 rings (SSSR count). The molecule has 2 heterocycles. The molecule has 1 amide bonds. The molecular formula is C31H32N6O5S2. The molecule has 1 aromatic heterocycles. The minimum Gasteiger partial charge on any atom is -0.497 e. The van der Waals surface area contributed by atoms with E-state index in [0.717, 1.165) is 5.56 Å². The summed E-state index contributed by atoms with van der Waals surface area (Å²) in [6.07, 6.45) is 0.891. The maximum atomic E-state index is 13.7. The number of aromatic nitrogens is 2. The van der Waals surface area contributed by atoms with Gasteiger partial charge in [0.05, 0.1) is 50.3 Å². The highest BCUT2D eigenvalue weighted by Gasteiger charge is 2.45. The number of ether oxygens (including phenoxy) is 3. The van der Waals surface area contributed by atoms with Crippen molar-refractivity contribution in [2.45, 2.75) is 36.9 Å². The predicted molar refractivity (Wildman–Crippen MR) is 169 cm³/mol. The monoisotopic (exact) mass is 632 g/mol. The Morgan fingerprint density at radius 1 is 1.11 bits per heavy atom. The first-order valence-corrected chi connectivity index (χ1v) is 15.5. The third kappa shape index (κ3) is 6.09. The molecule has 0 radical (unpaired) electrons. The normalized spacial score (nSPS) is 17.6. The van der Waals surface area contributed by atoms with Crippen molar-refractivity contribution in [3.8, 4) is 23.3 Å². The van der Waals surface area contributed by atoms with Gasteiger partial charge in [0.2, 0.25) is 11.0 Å². The van der Waals surface area contributed by atoms with E-state index < -0.39 is 5.92 Å². The number of Topliss-reactive ketones (excluding diaryl/α,β-unsaturated/α-hetero) is 1. The van der Waals surface area contributed by atoms with Crippen molar-refractivity contribution in [2.75, 3.05) is 37.3 Å². The second kappa shape index (κ2) is 12.6. The summed E-state index contributed by atoms with van der Waals surface area (Å²) in [7, 11) is 4.65. The fourth-order valence-corrected chi connectivity index (χ4v) is 7.11. The molecule has 1 atom stereocenters. The zero-order valence-electron chi connectivity index (χ0n) is 25.0. The van der Waals surface area contributed by atoms with Crippen LogP contribution in [0.2, 0.25) is 0 Å². The van der Waals surface area contributed by atoms with Crippen molar-refractivity contribution in [3.63, 3.8) is 0 Å².